The summed E-state index contributed by atoms with van der Waals surface area (Å²) in [6, 6.07) is 55.2. The lowest BCUT2D eigenvalue weighted by atomic mass is 9.96. The number of rotatable bonds is 4. The quantitative estimate of drug-likeness (QED) is 0.190. The van der Waals surface area contributed by atoms with Gasteiger partial charge in [-0.05, 0) is 123 Å². The third kappa shape index (κ3) is 4.50. The predicted molar refractivity (Wildman–Crippen MR) is 208 cm³/mol. The first-order chi connectivity index (χ1) is 25.2. The van der Waals surface area contributed by atoms with Crippen molar-refractivity contribution in [3.63, 3.8) is 0 Å². The third-order valence-electron chi connectivity index (χ3n) is 10.1. The smallest absolute Gasteiger partial charge is 0.153 e. The van der Waals surface area contributed by atoms with Crippen molar-refractivity contribution >= 4 is 65.9 Å². The summed E-state index contributed by atoms with van der Waals surface area (Å²) in [4.78, 5) is 4.57. The average molecular weight is 654 g/mol. The largest absolute Gasteiger partial charge is 0.456 e. The number of fused-ring (bicyclic) bond motifs is 9. The molecule has 0 aliphatic rings. The lowest BCUT2D eigenvalue weighted by Crippen LogP contribution is -1.82. The van der Waals surface area contributed by atoms with Crippen LogP contribution in [0.5, 0.6) is 0 Å². The molecular weight excluding hydrogens is 627 g/mol. The van der Waals surface area contributed by atoms with Crippen LogP contribution in [0.4, 0.5) is 0 Å². The van der Waals surface area contributed by atoms with Gasteiger partial charge in [0.1, 0.15) is 33.4 Å². The van der Waals surface area contributed by atoms with Crippen molar-refractivity contribution in [3.05, 3.63) is 164 Å². The molecular formula is C47H27NO3. The Morgan fingerprint density at radius 2 is 0.667 bits per heavy atom. The van der Waals surface area contributed by atoms with Crippen molar-refractivity contribution in [1.29, 1.82) is 0 Å². The summed E-state index contributed by atoms with van der Waals surface area (Å²) in [5.41, 5.74) is 15.2. The maximum Gasteiger partial charge on any atom is 0.153 e. The molecule has 238 valence electrons. The molecule has 4 heterocycles. The molecule has 51 heavy (non-hydrogen) atoms. The van der Waals surface area contributed by atoms with Gasteiger partial charge >= 0.3 is 0 Å². The Bertz CT molecular complexity index is 3140. The Hall–Kier alpha value is -6.91. The first kappa shape index (κ1) is 28.0. The van der Waals surface area contributed by atoms with Crippen LogP contribution in [0.1, 0.15) is 0 Å². The second-order valence-electron chi connectivity index (χ2n) is 13.2. The summed E-state index contributed by atoms with van der Waals surface area (Å²) in [6.45, 7) is 0. The molecule has 11 aromatic rings. The minimum atomic E-state index is 0.797. The molecule has 7 aromatic carbocycles. The molecule has 0 fully saturated rings. The fourth-order valence-corrected chi connectivity index (χ4v) is 7.56. The van der Waals surface area contributed by atoms with Crippen LogP contribution < -0.4 is 0 Å². The van der Waals surface area contributed by atoms with Crippen LogP contribution in [0, 0.1) is 0 Å². The molecule has 0 N–H and O–H groups in total. The lowest BCUT2D eigenvalue weighted by Gasteiger charge is -2.07. The van der Waals surface area contributed by atoms with E-state index in [9.17, 15) is 0 Å². The number of nitrogens with zero attached hydrogens (tertiary/aromatic N) is 1. The van der Waals surface area contributed by atoms with E-state index in [0.29, 0.717) is 0 Å². The molecule has 0 unspecified atom stereocenters. The average Bonchev–Trinajstić information content (AvgIpc) is 3.88. The van der Waals surface area contributed by atoms with E-state index in [0.717, 1.165) is 99.3 Å². The minimum absolute atomic E-state index is 0.797. The predicted octanol–water partition coefficient (Wildman–Crippen LogP) is 13.4. The van der Waals surface area contributed by atoms with E-state index in [1.54, 1.807) is 0 Å². The van der Waals surface area contributed by atoms with Crippen LogP contribution in [0.25, 0.3) is 110 Å². The summed E-state index contributed by atoms with van der Waals surface area (Å²) in [5, 5.41) is 5.43. The minimum Gasteiger partial charge on any atom is -0.456 e. The zero-order valence-electron chi connectivity index (χ0n) is 27.3. The van der Waals surface area contributed by atoms with Gasteiger partial charge < -0.3 is 13.3 Å². The van der Waals surface area contributed by atoms with Crippen molar-refractivity contribution < 1.29 is 13.3 Å². The van der Waals surface area contributed by atoms with E-state index in [2.05, 4.69) is 138 Å². The maximum absolute atomic E-state index is 6.31. The van der Waals surface area contributed by atoms with Crippen molar-refractivity contribution in [3.8, 4) is 44.5 Å². The normalized spacial score (nSPS) is 11.9. The third-order valence-corrected chi connectivity index (χ3v) is 10.1. The second kappa shape index (κ2) is 10.8. The SMILES string of the molecule is c1ccc(-c2ccc3oc4ccc(-c5cccc(-c6ccc7oc8ccc(-c9ccc%10oc%11cccnc%11c%10c9)cc8c7c6)c5)cc4c3c2)cc1. The highest BCUT2D eigenvalue weighted by Gasteiger charge is 2.14. The molecule has 0 aliphatic heterocycles. The number of benzene rings is 7. The van der Waals surface area contributed by atoms with E-state index < -0.39 is 0 Å². The molecule has 4 heteroatoms. The highest BCUT2D eigenvalue weighted by molar-refractivity contribution is 6.10. The van der Waals surface area contributed by atoms with E-state index in [1.807, 2.05) is 30.5 Å². The van der Waals surface area contributed by atoms with Crippen LogP contribution in [0.2, 0.25) is 0 Å². The van der Waals surface area contributed by atoms with E-state index in [-0.39, 0.29) is 0 Å². The lowest BCUT2D eigenvalue weighted by molar-refractivity contribution is 0.668. The van der Waals surface area contributed by atoms with Crippen LogP contribution in [0.15, 0.2) is 177 Å². The summed E-state index contributed by atoms with van der Waals surface area (Å²) >= 11 is 0. The Labute approximate surface area is 291 Å². The summed E-state index contributed by atoms with van der Waals surface area (Å²) in [7, 11) is 0. The summed E-state index contributed by atoms with van der Waals surface area (Å²) in [5.74, 6) is 0. The Morgan fingerprint density at radius 3 is 1.18 bits per heavy atom. The molecule has 0 saturated heterocycles. The number of pyridine rings is 1. The van der Waals surface area contributed by atoms with Gasteiger partial charge in [-0.25, -0.2) is 0 Å². The Morgan fingerprint density at radius 1 is 0.275 bits per heavy atom. The van der Waals surface area contributed by atoms with Crippen molar-refractivity contribution in [2.45, 2.75) is 0 Å². The van der Waals surface area contributed by atoms with Gasteiger partial charge in [0.25, 0.3) is 0 Å². The van der Waals surface area contributed by atoms with Gasteiger partial charge in [-0.3, -0.25) is 4.98 Å². The standard InChI is InChI=1S/C47H27NO3/c1-2-6-28(7-3-1)31-11-16-41-36(23-31)37-24-32(12-17-42(37)49-41)29-8-4-9-30(22-29)33-13-18-43-38(25-33)39-26-34(14-19-44(39)50-43)35-15-20-45-40(27-35)47-46(51-45)10-5-21-48-47/h1-27H. The molecule has 4 nitrogen and oxygen atoms in total. The van der Waals surface area contributed by atoms with Gasteiger partial charge in [0, 0.05) is 33.1 Å². The zero-order chi connectivity index (χ0) is 33.5. The molecule has 0 aliphatic carbocycles. The monoisotopic (exact) mass is 653 g/mol. The molecule has 0 bridgehead atoms. The van der Waals surface area contributed by atoms with Crippen LogP contribution in [-0.2, 0) is 0 Å². The fraction of sp³-hybridized carbons (Fsp3) is 0. The fourth-order valence-electron chi connectivity index (χ4n) is 7.56. The molecule has 0 spiro atoms. The van der Waals surface area contributed by atoms with Gasteiger partial charge in [0.15, 0.2) is 5.58 Å². The summed E-state index contributed by atoms with van der Waals surface area (Å²) in [6.07, 6.45) is 1.81. The Kier molecular flexibility index (Phi) is 5.92. The van der Waals surface area contributed by atoms with E-state index >= 15 is 0 Å². The van der Waals surface area contributed by atoms with Gasteiger partial charge in [-0.2, -0.15) is 0 Å². The molecule has 0 amide bonds. The highest BCUT2D eigenvalue weighted by Crippen LogP contribution is 2.39. The molecule has 0 radical (unpaired) electrons. The van der Waals surface area contributed by atoms with Gasteiger partial charge in [-0.15, -0.1) is 0 Å². The van der Waals surface area contributed by atoms with Gasteiger partial charge in [0.2, 0.25) is 0 Å². The topological polar surface area (TPSA) is 52.3 Å². The molecule has 11 rings (SSSR count). The van der Waals surface area contributed by atoms with Crippen LogP contribution in [-0.4, -0.2) is 4.98 Å². The number of aromatic nitrogens is 1. The first-order valence-corrected chi connectivity index (χ1v) is 17.1. The number of furan rings is 3. The first-order valence-electron chi connectivity index (χ1n) is 17.1. The van der Waals surface area contributed by atoms with Crippen molar-refractivity contribution in [2.75, 3.05) is 0 Å². The van der Waals surface area contributed by atoms with Crippen molar-refractivity contribution in [1.82, 2.24) is 4.98 Å². The van der Waals surface area contributed by atoms with Crippen LogP contribution >= 0.6 is 0 Å². The van der Waals surface area contributed by atoms with E-state index in [4.69, 9.17) is 13.3 Å². The van der Waals surface area contributed by atoms with Gasteiger partial charge in [0.05, 0.1) is 0 Å². The summed E-state index contributed by atoms with van der Waals surface area (Å²) < 4.78 is 18.6. The number of hydrogen-bond acceptors (Lipinski definition) is 4. The van der Waals surface area contributed by atoms with Gasteiger partial charge in [-0.1, -0.05) is 78.9 Å². The highest BCUT2D eigenvalue weighted by atomic mass is 16.3. The van der Waals surface area contributed by atoms with Crippen molar-refractivity contribution in [2.24, 2.45) is 0 Å². The second-order valence-corrected chi connectivity index (χ2v) is 13.2. The maximum atomic E-state index is 6.31. The Balaban J connectivity index is 0.980. The molecule has 0 atom stereocenters. The number of hydrogen-bond donors (Lipinski definition) is 0. The molecule has 0 saturated carbocycles. The zero-order valence-corrected chi connectivity index (χ0v) is 27.3. The van der Waals surface area contributed by atoms with E-state index in [1.165, 1.54) is 11.1 Å². The molecule has 4 aromatic heterocycles. The van der Waals surface area contributed by atoms with Crippen LogP contribution in [0.3, 0.4) is 0 Å².